The first-order valence-corrected chi connectivity index (χ1v) is 3.66. The number of alkyl halides is 3. The molecule has 0 heterocycles. The zero-order valence-electron chi connectivity index (χ0n) is 7.17. The zero-order chi connectivity index (χ0) is 11.8. The Labute approximate surface area is 81.7 Å². The first kappa shape index (κ1) is 11.2. The lowest BCUT2D eigenvalue weighted by atomic mass is 10.1. The van der Waals surface area contributed by atoms with Crippen LogP contribution >= 0.6 is 0 Å². The van der Waals surface area contributed by atoms with Crippen LogP contribution in [-0.4, -0.2) is 16.2 Å². The Morgan fingerprint density at radius 1 is 1.33 bits per heavy atom. The molecule has 0 unspecified atom stereocenters. The molecule has 0 saturated carbocycles. The van der Waals surface area contributed by atoms with E-state index in [-0.39, 0.29) is 0 Å². The molecule has 4 nitrogen and oxygen atoms in total. The summed E-state index contributed by atoms with van der Waals surface area (Å²) in [6.07, 6.45) is -4.72. The number of carboxylic acids is 1. The second-order valence-corrected chi connectivity index (χ2v) is 2.76. The molecule has 1 aromatic rings. The van der Waals surface area contributed by atoms with Crippen molar-refractivity contribution in [3.8, 4) is 5.75 Å². The van der Waals surface area contributed by atoms with Crippen LogP contribution in [0.3, 0.4) is 0 Å². The number of hydrogen-bond acceptors (Lipinski definition) is 3. The van der Waals surface area contributed by atoms with E-state index in [1.165, 1.54) is 0 Å². The minimum Gasteiger partial charge on any atom is -0.507 e. The fourth-order valence-corrected chi connectivity index (χ4v) is 1.02. The van der Waals surface area contributed by atoms with Crippen molar-refractivity contribution in [3.63, 3.8) is 0 Å². The largest absolute Gasteiger partial charge is 0.507 e. The summed E-state index contributed by atoms with van der Waals surface area (Å²) in [5.41, 5.74) is 2.36. The number of carboxylic acid groups (broad SMARTS) is 1. The van der Waals surface area contributed by atoms with Gasteiger partial charge in [0, 0.05) is 5.69 Å². The molecule has 0 aromatic heterocycles. The van der Waals surface area contributed by atoms with Crippen LogP contribution in [0.2, 0.25) is 0 Å². The Balaban J connectivity index is 3.39. The molecule has 7 heteroatoms. The van der Waals surface area contributed by atoms with Gasteiger partial charge in [0.15, 0.2) is 0 Å². The van der Waals surface area contributed by atoms with Crippen LogP contribution in [0, 0.1) is 0 Å². The number of anilines is 1. The number of benzene rings is 1. The Hall–Kier alpha value is -1.92. The molecule has 82 valence electrons. The van der Waals surface area contributed by atoms with E-state index in [0.29, 0.717) is 12.1 Å². The lowest BCUT2D eigenvalue weighted by molar-refractivity contribution is -0.137. The summed E-state index contributed by atoms with van der Waals surface area (Å²) in [6.45, 7) is 0. The van der Waals surface area contributed by atoms with Gasteiger partial charge in [0.25, 0.3) is 0 Å². The van der Waals surface area contributed by atoms with E-state index in [2.05, 4.69) is 0 Å². The number of nitrogen functional groups attached to an aromatic ring is 1. The van der Waals surface area contributed by atoms with Gasteiger partial charge in [0.05, 0.1) is 5.56 Å². The van der Waals surface area contributed by atoms with Crippen LogP contribution in [0.4, 0.5) is 18.9 Å². The number of aromatic hydroxyl groups is 1. The number of phenols is 1. The number of rotatable bonds is 1. The molecule has 4 N–H and O–H groups in total. The van der Waals surface area contributed by atoms with E-state index in [0.717, 1.165) is 0 Å². The molecule has 0 aliphatic heterocycles. The molecule has 0 aliphatic rings. The normalized spacial score (nSPS) is 11.4. The van der Waals surface area contributed by atoms with Crippen molar-refractivity contribution in [2.24, 2.45) is 0 Å². The molecule has 0 fully saturated rings. The summed E-state index contributed by atoms with van der Waals surface area (Å²) >= 11 is 0. The van der Waals surface area contributed by atoms with Crippen molar-refractivity contribution in [2.45, 2.75) is 6.18 Å². The van der Waals surface area contributed by atoms with Crippen molar-refractivity contribution >= 4 is 11.7 Å². The SMILES string of the molecule is Nc1cc(C(=O)O)c(O)cc1C(F)(F)F. The molecule has 0 spiro atoms. The molecule has 0 radical (unpaired) electrons. The Kier molecular flexibility index (Phi) is 2.48. The first-order valence-electron chi connectivity index (χ1n) is 3.66. The summed E-state index contributed by atoms with van der Waals surface area (Å²) in [5, 5.41) is 17.5. The maximum absolute atomic E-state index is 12.2. The highest BCUT2D eigenvalue weighted by Crippen LogP contribution is 2.37. The first-order chi connectivity index (χ1) is 6.73. The fraction of sp³-hybridized carbons (Fsp3) is 0.125. The van der Waals surface area contributed by atoms with E-state index >= 15 is 0 Å². The zero-order valence-corrected chi connectivity index (χ0v) is 7.17. The third-order valence-electron chi connectivity index (χ3n) is 1.70. The van der Waals surface area contributed by atoms with E-state index in [4.69, 9.17) is 15.9 Å². The quantitative estimate of drug-likeness (QED) is 0.497. The van der Waals surface area contributed by atoms with Gasteiger partial charge < -0.3 is 15.9 Å². The minimum atomic E-state index is -4.72. The standard InChI is InChI=1S/C8H6F3NO3/c9-8(10,11)4-2-6(13)3(7(14)15)1-5(4)12/h1-2,13H,12H2,(H,14,15). The summed E-state index contributed by atoms with van der Waals surface area (Å²) in [6, 6.07) is 0.860. The smallest absolute Gasteiger partial charge is 0.418 e. The highest BCUT2D eigenvalue weighted by Gasteiger charge is 2.34. The van der Waals surface area contributed by atoms with Gasteiger partial charge in [-0.1, -0.05) is 0 Å². The predicted octanol–water partition coefficient (Wildman–Crippen LogP) is 1.69. The summed E-state index contributed by atoms with van der Waals surface area (Å²) in [5.74, 6) is -2.52. The number of nitrogens with two attached hydrogens (primary N) is 1. The van der Waals surface area contributed by atoms with Gasteiger partial charge in [-0.05, 0) is 12.1 Å². The van der Waals surface area contributed by atoms with Gasteiger partial charge in [-0.25, -0.2) is 4.79 Å². The monoisotopic (exact) mass is 221 g/mol. The Morgan fingerprint density at radius 3 is 2.27 bits per heavy atom. The van der Waals surface area contributed by atoms with Crippen LogP contribution < -0.4 is 5.73 Å². The van der Waals surface area contributed by atoms with Crippen molar-refractivity contribution in [1.29, 1.82) is 0 Å². The topological polar surface area (TPSA) is 83.6 Å². The molecule has 0 aliphatic carbocycles. The molecule has 15 heavy (non-hydrogen) atoms. The molecule has 1 rings (SSSR count). The van der Waals surface area contributed by atoms with Crippen molar-refractivity contribution in [2.75, 3.05) is 5.73 Å². The average Bonchev–Trinajstić information content (AvgIpc) is 2.06. The lowest BCUT2D eigenvalue weighted by Crippen LogP contribution is -2.10. The fourth-order valence-electron chi connectivity index (χ4n) is 1.02. The van der Waals surface area contributed by atoms with Gasteiger partial charge in [0.1, 0.15) is 11.3 Å². The van der Waals surface area contributed by atoms with E-state index in [1.54, 1.807) is 0 Å². The maximum atomic E-state index is 12.2. The minimum absolute atomic E-state index is 0.290. The number of hydrogen-bond donors (Lipinski definition) is 3. The van der Waals surface area contributed by atoms with Gasteiger partial charge in [-0.15, -0.1) is 0 Å². The maximum Gasteiger partial charge on any atom is 0.418 e. The van der Waals surface area contributed by atoms with Crippen LogP contribution in [0.5, 0.6) is 5.75 Å². The molecule has 0 saturated heterocycles. The molecular formula is C8H6F3NO3. The lowest BCUT2D eigenvalue weighted by Gasteiger charge is -2.11. The molecular weight excluding hydrogens is 215 g/mol. The third kappa shape index (κ3) is 2.12. The van der Waals surface area contributed by atoms with Crippen molar-refractivity contribution < 1.29 is 28.2 Å². The number of halogens is 3. The Bertz CT molecular complexity index is 414. The van der Waals surface area contributed by atoms with Crippen LogP contribution in [0.15, 0.2) is 12.1 Å². The number of aromatic carboxylic acids is 1. The predicted molar refractivity (Wildman–Crippen MR) is 44.5 cm³/mol. The van der Waals surface area contributed by atoms with E-state index in [9.17, 15) is 18.0 Å². The van der Waals surface area contributed by atoms with E-state index < -0.39 is 34.7 Å². The van der Waals surface area contributed by atoms with Crippen LogP contribution in [0.25, 0.3) is 0 Å². The Morgan fingerprint density at radius 2 is 1.87 bits per heavy atom. The summed E-state index contributed by atoms with van der Waals surface area (Å²) in [7, 11) is 0. The third-order valence-corrected chi connectivity index (χ3v) is 1.70. The van der Waals surface area contributed by atoms with Crippen LogP contribution in [-0.2, 0) is 6.18 Å². The highest BCUT2D eigenvalue weighted by atomic mass is 19.4. The summed E-state index contributed by atoms with van der Waals surface area (Å²) in [4.78, 5) is 10.4. The second-order valence-electron chi connectivity index (χ2n) is 2.76. The van der Waals surface area contributed by atoms with Gasteiger partial charge in [-0.3, -0.25) is 0 Å². The second kappa shape index (κ2) is 3.34. The van der Waals surface area contributed by atoms with E-state index in [1.807, 2.05) is 0 Å². The van der Waals surface area contributed by atoms with Crippen molar-refractivity contribution in [1.82, 2.24) is 0 Å². The molecule has 1 aromatic carbocycles. The van der Waals surface area contributed by atoms with Crippen LogP contribution in [0.1, 0.15) is 15.9 Å². The molecule has 0 bridgehead atoms. The van der Waals surface area contributed by atoms with Gasteiger partial charge >= 0.3 is 12.1 Å². The molecule has 0 atom stereocenters. The van der Waals surface area contributed by atoms with Gasteiger partial charge in [-0.2, -0.15) is 13.2 Å². The highest BCUT2D eigenvalue weighted by molar-refractivity contribution is 5.92. The summed E-state index contributed by atoms with van der Waals surface area (Å²) < 4.78 is 36.7. The average molecular weight is 221 g/mol. The van der Waals surface area contributed by atoms with Crippen molar-refractivity contribution in [3.05, 3.63) is 23.3 Å². The number of carbonyl (C=O) groups is 1. The molecule has 0 amide bonds. The van der Waals surface area contributed by atoms with Gasteiger partial charge in [0.2, 0.25) is 0 Å².